The third-order valence-electron chi connectivity index (χ3n) is 5.20. The Labute approximate surface area is 217 Å². The first-order chi connectivity index (χ1) is 17.4. The van der Waals surface area contributed by atoms with Crippen molar-refractivity contribution in [2.24, 2.45) is 0 Å². The lowest BCUT2D eigenvalue weighted by molar-refractivity contribution is -0.384. The van der Waals surface area contributed by atoms with Crippen LogP contribution in [-0.2, 0) is 11.4 Å². The van der Waals surface area contributed by atoms with E-state index in [4.69, 9.17) is 26.4 Å². The predicted octanol–water partition coefficient (Wildman–Crippen LogP) is 5.99. The summed E-state index contributed by atoms with van der Waals surface area (Å²) in [5, 5.41) is 11.0. The van der Waals surface area contributed by atoms with E-state index in [1.54, 1.807) is 60.7 Å². The molecule has 1 aliphatic rings. The van der Waals surface area contributed by atoms with Crippen LogP contribution in [0, 0.1) is 10.1 Å². The molecule has 0 aliphatic carbocycles. The maximum Gasteiger partial charge on any atom is 0.270 e. The van der Waals surface area contributed by atoms with Gasteiger partial charge in [0.05, 0.1) is 29.2 Å². The molecule has 184 valence electrons. The monoisotopic (exact) mass is 522 g/mol. The first-order valence-corrected chi connectivity index (χ1v) is 12.2. The standard InChI is InChI=1S/C26H22N2O6S2/c1-3-33-21-10-8-19(9-11-21)27-25(29)24(36-26(27)35)15-17-7-12-22(23(14-17)32-2)34-16-18-5-4-6-20(13-18)28(30)31/h4-15H,3,16H2,1-2H3/b24-15+. The number of nitro groups is 1. The van der Waals surface area contributed by atoms with Gasteiger partial charge in [-0.2, -0.15) is 0 Å². The van der Waals surface area contributed by atoms with E-state index in [0.29, 0.717) is 38.6 Å². The molecule has 0 N–H and O–H groups in total. The van der Waals surface area contributed by atoms with Crippen LogP contribution in [0.2, 0.25) is 0 Å². The van der Waals surface area contributed by atoms with Gasteiger partial charge in [0.2, 0.25) is 0 Å². The van der Waals surface area contributed by atoms with Crippen LogP contribution >= 0.6 is 24.0 Å². The Morgan fingerprint density at radius 2 is 1.83 bits per heavy atom. The summed E-state index contributed by atoms with van der Waals surface area (Å²) in [5.41, 5.74) is 2.07. The molecule has 3 aromatic carbocycles. The van der Waals surface area contributed by atoms with Gasteiger partial charge in [-0.3, -0.25) is 19.8 Å². The number of ether oxygens (including phenoxy) is 3. The number of thioether (sulfide) groups is 1. The molecule has 1 amide bonds. The lowest BCUT2D eigenvalue weighted by Gasteiger charge is -2.15. The maximum atomic E-state index is 13.1. The first kappa shape index (κ1) is 25.2. The number of rotatable bonds is 9. The molecular weight excluding hydrogens is 500 g/mol. The summed E-state index contributed by atoms with van der Waals surface area (Å²) >= 11 is 6.69. The Kier molecular flexibility index (Phi) is 7.87. The Bertz CT molecular complexity index is 1340. The van der Waals surface area contributed by atoms with Crippen LogP contribution < -0.4 is 19.1 Å². The lowest BCUT2D eigenvalue weighted by Crippen LogP contribution is -2.27. The molecule has 8 nitrogen and oxygen atoms in total. The second-order valence-electron chi connectivity index (χ2n) is 7.57. The second-order valence-corrected chi connectivity index (χ2v) is 9.25. The molecule has 36 heavy (non-hydrogen) atoms. The molecular formula is C26H22N2O6S2. The average Bonchev–Trinajstić information content (AvgIpc) is 3.16. The van der Waals surface area contributed by atoms with E-state index in [1.807, 2.05) is 6.92 Å². The van der Waals surface area contributed by atoms with Gasteiger partial charge in [0.1, 0.15) is 12.4 Å². The van der Waals surface area contributed by atoms with Crippen LogP contribution in [-0.4, -0.2) is 28.9 Å². The molecule has 3 aromatic rings. The van der Waals surface area contributed by atoms with Gasteiger partial charge in [-0.15, -0.1) is 0 Å². The molecule has 1 fully saturated rings. The molecule has 0 saturated carbocycles. The molecule has 1 saturated heterocycles. The number of anilines is 1. The minimum absolute atomic E-state index is 0.000891. The normalized spacial score (nSPS) is 14.3. The topological polar surface area (TPSA) is 91.1 Å². The molecule has 0 bridgehead atoms. The van der Waals surface area contributed by atoms with Crippen molar-refractivity contribution in [1.82, 2.24) is 0 Å². The molecule has 0 spiro atoms. The largest absolute Gasteiger partial charge is 0.494 e. The van der Waals surface area contributed by atoms with Gasteiger partial charge < -0.3 is 14.2 Å². The summed E-state index contributed by atoms with van der Waals surface area (Å²) in [6, 6.07) is 18.8. The van der Waals surface area contributed by atoms with E-state index in [1.165, 1.54) is 35.9 Å². The van der Waals surface area contributed by atoms with Crippen molar-refractivity contribution in [3.63, 3.8) is 0 Å². The molecule has 1 heterocycles. The molecule has 0 aromatic heterocycles. The maximum absolute atomic E-state index is 13.1. The zero-order valence-electron chi connectivity index (χ0n) is 19.5. The Morgan fingerprint density at radius 3 is 2.53 bits per heavy atom. The number of thiocarbonyl (C=S) groups is 1. The van der Waals surface area contributed by atoms with Gasteiger partial charge >= 0.3 is 0 Å². The van der Waals surface area contributed by atoms with Crippen molar-refractivity contribution in [3.05, 3.63) is 92.9 Å². The number of hydrogen-bond donors (Lipinski definition) is 0. The summed E-state index contributed by atoms with van der Waals surface area (Å²) in [6.45, 7) is 2.61. The molecule has 0 atom stereocenters. The van der Waals surface area contributed by atoms with Crippen LogP contribution in [0.1, 0.15) is 18.1 Å². The van der Waals surface area contributed by atoms with E-state index in [0.717, 1.165) is 11.3 Å². The van der Waals surface area contributed by atoms with Gasteiger partial charge in [-0.05, 0) is 60.5 Å². The molecule has 0 unspecified atom stereocenters. The third-order valence-corrected chi connectivity index (χ3v) is 6.50. The van der Waals surface area contributed by atoms with Crippen molar-refractivity contribution < 1.29 is 23.9 Å². The highest BCUT2D eigenvalue weighted by Gasteiger charge is 2.33. The highest BCUT2D eigenvalue weighted by atomic mass is 32.2. The minimum Gasteiger partial charge on any atom is -0.494 e. The number of carbonyl (C=O) groups is 1. The van der Waals surface area contributed by atoms with Crippen molar-refractivity contribution in [3.8, 4) is 17.2 Å². The molecule has 4 rings (SSSR count). The van der Waals surface area contributed by atoms with Crippen LogP contribution in [0.4, 0.5) is 11.4 Å². The van der Waals surface area contributed by atoms with Crippen LogP contribution in [0.25, 0.3) is 6.08 Å². The summed E-state index contributed by atoms with van der Waals surface area (Å²) in [4.78, 5) is 25.6. The van der Waals surface area contributed by atoms with E-state index >= 15 is 0 Å². The Hall–Kier alpha value is -3.89. The summed E-state index contributed by atoms with van der Waals surface area (Å²) in [7, 11) is 1.52. The highest BCUT2D eigenvalue weighted by Crippen LogP contribution is 2.37. The Balaban J connectivity index is 1.49. The smallest absolute Gasteiger partial charge is 0.270 e. The van der Waals surface area contributed by atoms with Crippen molar-refractivity contribution in [2.75, 3.05) is 18.6 Å². The second kappa shape index (κ2) is 11.2. The number of non-ortho nitro benzene ring substituents is 1. The highest BCUT2D eigenvalue weighted by molar-refractivity contribution is 8.27. The SMILES string of the molecule is CCOc1ccc(N2C(=O)/C(=C\c3ccc(OCc4cccc([N+](=O)[O-])c4)c(OC)c3)SC2=S)cc1. The number of methoxy groups -OCH3 is 1. The molecule has 0 radical (unpaired) electrons. The zero-order chi connectivity index (χ0) is 25.7. The minimum atomic E-state index is -0.447. The van der Waals surface area contributed by atoms with Gasteiger partial charge in [0.15, 0.2) is 15.8 Å². The van der Waals surface area contributed by atoms with Gasteiger partial charge in [0, 0.05) is 12.1 Å². The number of amides is 1. The Morgan fingerprint density at radius 1 is 1.06 bits per heavy atom. The van der Waals surface area contributed by atoms with Crippen molar-refractivity contribution in [2.45, 2.75) is 13.5 Å². The van der Waals surface area contributed by atoms with Crippen molar-refractivity contribution >= 4 is 51.7 Å². The molecule has 10 heteroatoms. The van der Waals surface area contributed by atoms with E-state index in [-0.39, 0.29) is 18.2 Å². The van der Waals surface area contributed by atoms with Crippen molar-refractivity contribution in [1.29, 1.82) is 0 Å². The zero-order valence-corrected chi connectivity index (χ0v) is 21.1. The quantitative estimate of drug-likeness (QED) is 0.147. The average molecular weight is 523 g/mol. The fourth-order valence-electron chi connectivity index (χ4n) is 3.51. The number of hydrogen-bond acceptors (Lipinski definition) is 8. The number of benzene rings is 3. The first-order valence-electron chi connectivity index (χ1n) is 10.9. The molecule has 1 aliphatic heterocycles. The van der Waals surface area contributed by atoms with E-state index in [9.17, 15) is 14.9 Å². The number of nitrogens with zero attached hydrogens (tertiary/aromatic N) is 2. The van der Waals surface area contributed by atoms with E-state index in [2.05, 4.69) is 0 Å². The number of nitro benzene ring substituents is 1. The number of carbonyl (C=O) groups excluding carboxylic acids is 1. The summed E-state index contributed by atoms with van der Waals surface area (Å²) in [5.74, 6) is 1.46. The third kappa shape index (κ3) is 5.67. The van der Waals surface area contributed by atoms with E-state index < -0.39 is 4.92 Å². The fraction of sp³-hybridized carbons (Fsp3) is 0.154. The van der Waals surface area contributed by atoms with Crippen LogP contribution in [0.3, 0.4) is 0 Å². The van der Waals surface area contributed by atoms with Gasteiger partial charge in [0.25, 0.3) is 11.6 Å². The summed E-state index contributed by atoms with van der Waals surface area (Å²) in [6.07, 6.45) is 1.75. The fourth-order valence-corrected chi connectivity index (χ4v) is 4.81. The summed E-state index contributed by atoms with van der Waals surface area (Å²) < 4.78 is 17.2. The van der Waals surface area contributed by atoms with Crippen LogP contribution in [0.15, 0.2) is 71.6 Å². The lowest BCUT2D eigenvalue weighted by atomic mass is 10.1. The van der Waals surface area contributed by atoms with Gasteiger partial charge in [-0.25, -0.2) is 0 Å². The van der Waals surface area contributed by atoms with Gasteiger partial charge in [-0.1, -0.05) is 42.2 Å². The van der Waals surface area contributed by atoms with Crippen LogP contribution in [0.5, 0.6) is 17.2 Å². The predicted molar refractivity (Wildman–Crippen MR) is 144 cm³/mol.